The Balaban J connectivity index is 0.00000784. The first-order valence-electron chi connectivity index (χ1n) is 9.60. The number of hydrogen-bond acceptors (Lipinski definition) is 5. The van der Waals surface area contributed by atoms with Gasteiger partial charge in [0, 0.05) is 38.7 Å². The first-order valence-corrected chi connectivity index (χ1v) is 9.60. The lowest BCUT2D eigenvalue weighted by atomic mass is 10.2. The number of methoxy groups -OCH3 is 1. The predicted octanol–water partition coefficient (Wildman–Crippen LogP) is 3.16. The highest BCUT2D eigenvalue weighted by Crippen LogP contribution is 2.18. The van der Waals surface area contributed by atoms with Gasteiger partial charge in [0.25, 0.3) is 0 Å². The standard InChI is InChI=1S/C20H34N4O4.HI/c1-6-21-18(23-12-13-24-19(25)28-20(2,3)4)22-11-8-14-27-17-10-7-9-16(15-17)26-5;/h7,9-10,15H,6,8,11-14H2,1-5H3,(H,24,25)(H2,21,22,23);1H. The third kappa shape index (κ3) is 13.8. The summed E-state index contributed by atoms with van der Waals surface area (Å²) < 4.78 is 16.1. The third-order valence-corrected chi connectivity index (χ3v) is 3.31. The average molecular weight is 522 g/mol. The van der Waals surface area contributed by atoms with E-state index in [-0.39, 0.29) is 24.0 Å². The lowest BCUT2D eigenvalue weighted by Gasteiger charge is -2.19. The summed E-state index contributed by atoms with van der Waals surface area (Å²) in [6.07, 6.45) is 0.357. The van der Waals surface area contributed by atoms with Crippen LogP contribution in [0.5, 0.6) is 11.5 Å². The zero-order chi connectivity index (χ0) is 20.8. The minimum atomic E-state index is -0.499. The van der Waals surface area contributed by atoms with Gasteiger partial charge in [-0.3, -0.25) is 4.99 Å². The molecule has 0 saturated heterocycles. The van der Waals surface area contributed by atoms with E-state index in [1.54, 1.807) is 7.11 Å². The Kier molecular flexibility index (Phi) is 14.0. The number of carbonyl (C=O) groups is 1. The number of rotatable bonds is 10. The van der Waals surface area contributed by atoms with Crippen molar-refractivity contribution in [2.45, 2.75) is 39.7 Å². The number of ether oxygens (including phenoxy) is 3. The summed E-state index contributed by atoms with van der Waals surface area (Å²) in [5, 5.41) is 9.05. The molecule has 0 bridgehead atoms. The molecule has 0 heterocycles. The maximum Gasteiger partial charge on any atom is 0.407 e. The molecule has 0 aliphatic heterocycles. The minimum Gasteiger partial charge on any atom is -0.497 e. The van der Waals surface area contributed by atoms with Gasteiger partial charge in [0.1, 0.15) is 17.1 Å². The SMILES string of the molecule is CCNC(=NCCCOc1cccc(OC)c1)NCCNC(=O)OC(C)(C)C.I. The van der Waals surface area contributed by atoms with Crippen LogP contribution >= 0.6 is 24.0 Å². The van der Waals surface area contributed by atoms with Crippen LogP contribution < -0.4 is 25.4 Å². The molecule has 0 atom stereocenters. The van der Waals surface area contributed by atoms with Crippen LogP contribution in [-0.4, -0.2) is 57.5 Å². The molecule has 0 radical (unpaired) electrons. The summed E-state index contributed by atoms with van der Waals surface area (Å²) in [5.41, 5.74) is -0.499. The molecule has 0 aliphatic rings. The van der Waals surface area contributed by atoms with E-state index in [0.29, 0.717) is 32.2 Å². The largest absolute Gasteiger partial charge is 0.497 e. The monoisotopic (exact) mass is 522 g/mol. The van der Waals surface area contributed by atoms with E-state index in [9.17, 15) is 4.79 Å². The number of amides is 1. The van der Waals surface area contributed by atoms with Crippen molar-refractivity contribution in [1.82, 2.24) is 16.0 Å². The molecule has 0 spiro atoms. The zero-order valence-corrected chi connectivity index (χ0v) is 20.4. The van der Waals surface area contributed by atoms with Crippen LogP contribution in [0, 0.1) is 0 Å². The van der Waals surface area contributed by atoms with Gasteiger partial charge in [0.2, 0.25) is 0 Å². The van der Waals surface area contributed by atoms with Gasteiger partial charge in [-0.05, 0) is 39.8 Å². The molecule has 1 amide bonds. The quantitative estimate of drug-likeness (QED) is 0.189. The second-order valence-electron chi connectivity index (χ2n) is 7.00. The number of benzene rings is 1. The molecule has 0 unspecified atom stereocenters. The summed E-state index contributed by atoms with van der Waals surface area (Å²) in [5.74, 6) is 2.26. The highest BCUT2D eigenvalue weighted by molar-refractivity contribution is 14.0. The van der Waals surface area contributed by atoms with Crippen LogP contribution in [-0.2, 0) is 4.74 Å². The molecular weight excluding hydrogens is 487 g/mol. The van der Waals surface area contributed by atoms with Crippen molar-refractivity contribution in [2.24, 2.45) is 4.99 Å². The second kappa shape index (κ2) is 15.0. The molecule has 166 valence electrons. The van der Waals surface area contributed by atoms with Crippen molar-refractivity contribution >= 4 is 36.0 Å². The molecule has 0 aliphatic carbocycles. The van der Waals surface area contributed by atoms with E-state index >= 15 is 0 Å². The minimum absolute atomic E-state index is 0. The van der Waals surface area contributed by atoms with E-state index < -0.39 is 11.7 Å². The molecule has 1 aromatic rings. The number of nitrogens with zero attached hydrogens (tertiary/aromatic N) is 1. The smallest absolute Gasteiger partial charge is 0.407 e. The molecule has 1 aromatic carbocycles. The lowest BCUT2D eigenvalue weighted by molar-refractivity contribution is 0.0529. The van der Waals surface area contributed by atoms with Gasteiger partial charge in [-0.1, -0.05) is 6.07 Å². The highest BCUT2D eigenvalue weighted by Gasteiger charge is 2.15. The Bertz CT molecular complexity index is 621. The van der Waals surface area contributed by atoms with Crippen LogP contribution in [0.15, 0.2) is 29.3 Å². The summed E-state index contributed by atoms with van der Waals surface area (Å²) >= 11 is 0. The fourth-order valence-electron chi connectivity index (χ4n) is 2.14. The first kappa shape index (κ1) is 27.1. The van der Waals surface area contributed by atoms with Gasteiger partial charge in [-0.2, -0.15) is 0 Å². The number of aliphatic imine (C=N–C) groups is 1. The van der Waals surface area contributed by atoms with E-state index in [4.69, 9.17) is 14.2 Å². The van der Waals surface area contributed by atoms with E-state index in [1.165, 1.54) is 0 Å². The number of hydrogen-bond donors (Lipinski definition) is 3. The van der Waals surface area contributed by atoms with Crippen LogP contribution in [0.25, 0.3) is 0 Å². The maximum atomic E-state index is 11.6. The predicted molar refractivity (Wildman–Crippen MR) is 127 cm³/mol. The Morgan fingerprint density at radius 1 is 1.10 bits per heavy atom. The summed E-state index contributed by atoms with van der Waals surface area (Å²) in [6, 6.07) is 7.52. The fraction of sp³-hybridized carbons (Fsp3) is 0.600. The zero-order valence-electron chi connectivity index (χ0n) is 18.0. The second-order valence-corrected chi connectivity index (χ2v) is 7.00. The number of carbonyl (C=O) groups excluding carboxylic acids is 1. The molecular formula is C20H35IN4O4. The van der Waals surface area contributed by atoms with Crippen molar-refractivity contribution in [2.75, 3.05) is 39.9 Å². The molecule has 1 rings (SSSR count). The van der Waals surface area contributed by atoms with E-state index in [0.717, 1.165) is 24.5 Å². The topological polar surface area (TPSA) is 93.2 Å². The summed E-state index contributed by atoms with van der Waals surface area (Å²) in [7, 11) is 1.63. The van der Waals surface area contributed by atoms with Crippen LogP contribution in [0.4, 0.5) is 4.79 Å². The molecule has 8 nitrogen and oxygen atoms in total. The number of halogens is 1. The normalized spacial score (nSPS) is 11.1. The molecule has 3 N–H and O–H groups in total. The van der Waals surface area contributed by atoms with E-state index in [2.05, 4.69) is 20.9 Å². The lowest BCUT2D eigenvalue weighted by Crippen LogP contribution is -2.42. The number of nitrogens with one attached hydrogen (secondary N) is 3. The van der Waals surface area contributed by atoms with Gasteiger partial charge in [0.15, 0.2) is 5.96 Å². The van der Waals surface area contributed by atoms with Crippen molar-refractivity contribution in [3.63, 3.8) is 0 Å². The Morgan fingerprint density at radius 3 is 2.45 bits per heavy atom. The van der Waals surface area contributed by atoms with Crippen molar-refractivity contribution in [1.29, 1.82) is 0 Å². The molecule has 9 heteroatoms. The molecule has 0 fully saturated rings. The molecule has 0 saturated carbocycles. The fourth-order valence-corrected chi connectivity index (χ4v) is 2.14. The highest BCUT2D eigenvalue weighted by atomic mass is 127. The van der Waals surface area contributed by atoms with Crippen LogP contribution in [0.2, 0.25) is 0 Å². The summed E-state index contributed by atoms with van der Waals surface area (Å²) in [6.45, 7) is 10.4. The van der Waals surface area contributed by atoms with Crippen LogP contribution in [0.3, 0.4) is 0 Å². The van der Waals surface area contributed by atoms with Gasteiger partial charge in [-0.25, -0.2) is 4.79 Å². The van der Waals surface area contributed by atoms with Crippen LogP contribution in [0.1, 0.15) is 34.1 Å². The van der Waals surface area contributed by atoms with Gasteiger partial charge in [0.05, 0.1) is 13.7 Å². The first-order chi connectivity index (χ1) is 13.3. The van der Waals surface area contributed by atoms with Crippen molar-refractivity contribution in [3.8, 4) is 11.5 Å². The maximum absolute atomic E-state index is 11.6. The van der Waals surface area contributed by atoms with Gasteiger partial charge < -0.3 is 30.2 Å². The molecule has 0 aromatic heterocycles. The van der Waals surface area contributed by atoms with Crippen molar-refractivity contribution < 1.29 is 19.0 Å². The Morgan fingerprint density at radius 2 is 1.79 bits per heavy atom. The summed E-state index contributed by atoms with van der Waals surface area (Å²) in [4.78, 5) is 16.1. The van der Waals surface area contributed by atoms with E-state index in [1.807, 2.05) is 52.0 Å². The Hall–Kier alpha value is -1.91. The number of alkyl carbamates (subject to hydrolysis) is 1. The molecule has 29 heavy (non-hydrogen) atoms. The van der Waals surface area contributed by atoms with Crippen molar-refractivity contribution in [3.05, 3.63) is 24.3 Å². The third-order valence-electron chi connectivity index (χ3n) is 3.31. The number of guanidine groups is 1. The van der Waals surface area contributed by atoms with Gasteiger partial charge in [-0.15, -0.1) is 24.0 Å². The Labute approximate surface area is 191 Å². The van der Waals surface area contributed by atoms with Gasteiger partial charge >= 0.3 is 6.09 Å². The average Bonchev–Trinajstić information content (AvgIpc) is 2.63.